The van der Waals surface area contributed by atoms with E-state index in [1.807, 2.05) is 12.4 Å². The van der Waals surface area contributed by atoms with E-state index < -0.39 is 0 Å². The van der Waals surface area contributed by atoms with Crippen LogP contribution in [0.2, 0.25) is 0 Å². The van der Waals surface area contributed by atoms with Crippen LogP contribution in [-0.2, 0) is 0 Å². The molecule has 4 heteroatoms. The zero-order chi connectivity index (χ0) is 13.5. The Balaban J connectivity index is 2.10. The van der Waals surface area contributed by atoms with E-state index in [1.165, 1.54) is 4.88 Å². The van der Waals surface area contributed by atoms with Crippen LogP contribution in [0.5, 0.6) is 0 Å². The molecule has 0 spiro atoms. The van der Waals surface area contributed by atoms with Crippen molar-refractivity contribution in [1.82, 2.24) is 4.98 Å². The van der Waals surface area contributed by atoms with Crippen LogP contribution in [0.1, 0.15) is 37.6 Å². The van der Waals surface area contributed by atoms with Gasteiger partial charge in [-0.25, -0.2) is 0 Å². The topological polar surface area (TPSA) is 37.0 Å². The minimum atomic E-state index is 0.378. The van der Waals surface area contributed by atoms with Crippen molar-refractivity contribution in [2.75, 3.05) is 17.2 Å². The fourth-order valence-electron chi connectivity index (χ4n) is 2.08. The number of nitrogens with zero attached hydrogens (tertiary/aromatic N) is 1. The summed E-state index contributed by atoms with van der Waals surface area (Å²) in [6.45, 7) is 5.22. The predicted molar refractivity (Wildman–Crippen MR) is 84.0 cm³/mol. The lowest BCUT2D eigenvalue weighted by molar-refractivity contribution is 0.687. The molecule has 0 amide bonds. The summed E-state index contributed by atoms with van der Waals surface area (Å²) in [5.41, 5.74) is 2.14. The van der Waals surface area contributed by atoms with Crippen molar-refractivity contribution in [3.63, 3.8) is 0 Å². The molecule has 2 N–H and O–H groups in total. The molecule has 1 unspecified atom stereocenters. The van der Waals surface area contributed by atoms with Gasteiger partial charge in [0.05, 0.1) is 29.8 Å². The Kier molecular flexibility index (Phi) is 5.21. The van der Waals surface area contributed by atoms with Gasteiger partial charge >= 0.3 is 0 Å². The van der Waals surface area contributed by atoms with E-state index in [1.54, 1.807) is 11.3 Å². The van der Waals surface area contributed by atoms with Crippen LogP contribution >= 0.6 is 11.3 Å². The average Bonchev–Trinajstić information content (AvgIpc) is 2.93. The minimum absolute atomic E-state index is 0.378. The molecule has 3 nitrogen and oxygen atoms in total. The van der Waals surface area contributed by atoms with E-state index in [2.05, 4.69) is 53.0 Å². The molecular formula is C15H21N3S. The highest BCUT2D eigenvalue weighted by Gasteiger charge is 2.11. The molecule has 0 aliphatic carbocycles. The molecule has 2 rings (SSSR count). The molecule has 102 valence electrons. The van der Waals surface area contributed by atoms with Gasteiger partial charge in [-0.05, 0) is 30.9 Å². The number of rotatable bonds is 7. The van der Waals surface area contributed by atoms with Crippen molar-refractivity contribution in [1.29, 1.82) is 0 Å². The summed E-state index contributed by atoms with van der Waals surface area (Å²) in [6.07, 6.45) is 6.04. The molecule has 0 aliphatic heterocycles. The van der Waals surface area contributed by atoms with Crippen LogP contribution in [0.15, 0.2) is 36.0 Å². The van der Waals surface area contributed by atoms with E-state index in [9.17, 15) is 0 Å². The highest BCUT2D eigenvalue weighted by atomic mass is 32.1. The minimum Gasteiger partial charge on any atom is -0.384 e. The first-order valence-electron chi connectivity index (χ1n) is 6.82. The van der Waals surface area contributed by atoms with Crippen molar-refractivity contribution in [3.05, 3.63) is 40.8 Å². The summed E-state index contributed by atoms with van der Waals surface area (Å²) in [4.78, 5) is 5.66. The molecule has 2 aromatic heterocycles. The number of pyridine rings is 1. The van der Waals surface area contributed by atoms with Crippen LogP contribution < -0.4 is 10.6 Å². The average molecular weight is 275 g/mol. The van der Waals surface area contributed by atoms with Crippen molar-refractivity contribution in [3.8, 4) is 0 Å². The first kappa shape index (κ1) is 13.9. The Labute approximate surface area is 119 Å². The maximum Gasteiger partial charge on any atom is 0.0607 e. The third-order valence-corrected chi connectivity index (χ3v) is 3.91. The Morgan fingerprint density at radius 1 is 1.26 bits per heavy atom. The normalized spacial score (nSPS) is 12.1. The highest BCUT2D eigenvalue weighted by Crippen LogP contribution is 2.27. The van der Waals surface area contributed by atoms with Crippen molar-refractivity contribution in [2.24, 2.45) is 0 Å². The quantitative estimate of drug-likeness (QED) is 0.779. The van der Waals surface area contributed by atoms with E-state index in [-0.39, 0.29) is 0 Å². The number of nitrogens with one attached hydrogen (secondary N) is 2. The fraction of sp³-hybridized carbons (Fsp3) is 0.400. The number of hydrogen-bond acceptors (Lipinski definition) is 4. The first-order chi connectivity index (χ1) is 9.33. The van der Waals surface area contributed by atoms with Crippen LogP contribution in [0, 0.1) is 0 Å². The zero-order valence-corrected chi connectivity index (χ0v) is 12.3. The lowest BCUT2D eigenvalue weighted by Crippen LogP contribution is -2.09. The largest absolute Gasteiger partial charge is 0.384 e. The predicted octanol–water partition coefficient (Wildman–Crippen LogP) is 4.53. The maximum absolute atomic E-state index is 4.28. The highest BCUT2D eigenvalue weighted by molar-refractivity contribution is 7.10. The number of thiophene rings is 1. The van der Waals surface area contributed by atoms with Gasteiger partial charge in [0.15, 0.2) is 0 Å². The van der Waals surface area contributed by atoms with Crippen LogP contribution in [0.4, 0.5) is 11.4 Å². The second-order valence-corrected chi connectivity index (χ2v) is 5.47. The summed E-state index contributed by atoms with van der Waals surface area (Å²) >= 11 is 1.81. The Bertz CT molecular complexity index is 482. The van der Waals surface area contributed by atoms with Crippen molar-refractivity contribution >= 4 is 22.7 Å². The van der Waals surface area contributed by atoms with Gasteiger partial charge in [-0.1, -0.05) is 19.4 Å². The molecule has 2 heterocycles. The lowest BCUT2D eigenvalue weighted by atomic mass is 10.1. The second kappa shape index (κ2) is 7.14. The number of aromatic nitrogens is 1. The van der Waals surface area contributed by atoms with Gasteiger partial charge in [0.2, 0.25) is 0 Å². The van der Waals surface area contributed by atoms with Gasteiger partial charge in [-0.15, -0.1) is 11.3 Å². The second-order valence-electron chi connectivity index (χ2n) is 4.49. The molecule has 0 fully saturated rings. The summed E-state index contributed by atoms with van der Waals surface area (Å²) in [6, 6.07) is 6.80. The zero-order valence-electron chi connectivity index (χ0n) is 11.5. The SMILES string of the molecule is CCCC(Nc1cncc(NCC)c1)c1cccs1. The smallest absolute Gasteiger partial charge is 0.0607 e. The third-order valence-electron chi connectivity index (χ3n) is 2.92. The molecule has 19 heavy (non-hydrogen) atoms. The van der Waals surface area contributed by atoms with Crippen molar-refractivity contribution in [2.45, 2.75) is 32.7 Å². The van der Waals surface area contributed by atoms with Gasteiger partial charge in [-0.3, -0.25) is 4.98 Å². The van der Waals surface area contributed by atoms with Crippen LogP contribution in [0.25, 0.3) is 0 Å². The van der Waals surface area contributed by atoms with E-state index in [4.69, 9.17) is 0 Å². The molecule has 0 aliphatic rings. The number of hydrogen-bond donors (Lipinski definition) is 2. The monoisotopic (exact) mass is 275 g/mol. The Hall–Kier alpha value is -1.55. The molecule has 1 atom stereocenters. The molecular weight excluding hydrogens is 254 g/mol. The Morgan fingerprint density at radius 2 is 2.11 bits per heavy atom. The molecule has 0 radical (unpaired) electrons. The maximum atomic E-state index is 4.28. The van der Waals surface area contributed by atoms with Gasteiger partial charge in [0, 0.05) is 11.4 Å². The van der Waals surface area contributed by atoms with E-state index >= 15 is 0 Å². The van der Waals surface area contributed by atoms with E-state index in [0.717, 1.165) is 30.8 Å². The van der Waals surface area contributed by atoms with Gasteiger partial charge in [0.25, 0.3) is 0 Å². The van der Waals surface area contributed by atoms with Gasteiger partial charge < -0.3 is 10.6 Å². The molecule has 0 bridgehead atoms. The Morgan fingerprint density at radius 3 is 2.79 bits per heavy atom. The van der Waals surface area contributed by atoms with Crippen LogP contribution in [0.3, 0.4) is 0 Å². The summed E-state index contributed by atoms with van der Waals surface area (Å²) < 4.78 is 0. The first-order valence-corrected chi connectivity index (χ1v) is 7.70. The van der Waals surface area contributed by atoms with Crippen molar-refractivity contribution < 1.29 is 0 Å². The fourth-order valence-corrected chi connectivity index (χ4v) is 2.90. The number of anilines is 2. The van der Waals surface area contributed by atoms with E-state index in [0.29, 0.717) is 6.04 Å². The summed E-state index contributed by atoms with van der Waals surface area (Å²) in [5, 5.41) is 9.01. The summed E-state index contributed by atoms with van der Waals surface area (Å²) in [7, 11) is 0. The third kappa shape index (κ3) is 3.96. The molecule has 0 saturated carbocycles. The molecule has 0 aromatic carbocycles. The van der Waals surface area contributed by atoms with Crippen LogP contribution in [-0.4, -0.2) is 11.5 Å². The molecule has 0 saturated heterocycles. The molecule has 2 aromatic rings. The van der Waals surface area contributed by atoms with Gasteiger partial charge in [-0.2, -0.15) is 0 Å². The summed E-state index contributed by atoms with van der Waals surface area (Å²) in [5.74, 6) is 0. The van der Waals surface area contributed by atoms with Gasteiger partial charge in [0.1, 0.15) is 0 Å². The lowest BCUT2D eigenvalue weighted by Gasteiger charge is -2.18. The standard InChI is InChI=1S/C15H21N3S/c1-3-6-14(15-7-5-8-19-15)18-13-9-12(17-4-2)10-16-11-13/h5,7-11,14,17-18H,3-4,6H2,1-2H3.